The van der Waals surface area contributed by atoms with Crippen LogP contribution in [0.25, 0.3) is 0 Å². The fourth-order valence-electron chi connectivity index (χ4n) is 0.572. The van der Waals surface area contributed by atoms with Crippen LogP contribution in [-0.4, -0.2) is 18.9 Å². The van der Waals surface area contributed by atoms with E-state index in [1.165, 1.54) is 7.05 Å². The molecule has 0 aliphatic heterocycles. The van der Waals surface area contributed by atoms with Crippen LogP contribution >= 0.6 is 0 Å². The molecule has 0 saturated carbocycles. The van der Waals surface area contributed by atoms with Crippen molar-refractivity contribution >= 4 is 11.8 Å². The Hall–Kier alpha value is -1.06. The summed E-state index contributed by atoms with van der Waals surface area (Å²) in [5, 5.41) is 5.88. The van der Waals surface area contributed by atoms with E-state index >= 15 is 0 Å². The van der Waals surface area contributed by atoms with Crippen molar-refractivity contribution in [2.75, 3.05) is 7.05 Å². The Bertz CT molecular complexity index is 155. The molecule has 11 heavy (non-hydrogen) atoms. The minimum absolute atomic E-state index is 0.527. The van der Waals surface area contributed by atoms with Gasteiger partial charge in [-0.2, -0.15) is 0 Å². The highest BCUT2D eigenvalue weighted by Crippen LogP contribution is 1.91. The molecule has 0 fully saturated rings. The van der Waals surface area contributed by atoms with Crippen molar-refractivity contribution in [3.63, 3.8) is 0 Å². The van der Waals surface area contributed by atoms with Gasteiger partial charge in [-0.3, -0.25) is 4.84 Å². The first kappa shape index (κ1) is 9.94. The van der Waals surface area contributed by atoms with Crippen molar-refractivity contribution in [2.24, 2.45) is 5.16 Å². The molecule has 0 aromatic heterocycles. The molecule has 4 heteroatoms. The van der Waals surface area contributed by atoms with Crippen LogP contribution in [0.5, 0.6) is 0 Å². The van der Waals surface area contributed by atoms with E-state index < -0.39 is 6.09 Å². The van der Waals surface area contributed by atoms with E-state index in [2.05, 4.69) is 15.3 Å². The number of nitrogens with zero attached hydrogens (tertiary/aromatic N) is 1. The monoisotopic (exact) mass is 158 g/mol. The van der Waals surface area contributed by atoms with Crippen LogP contribution < -0.4 is 5.32 Å². The summed E-state index contributed by atoms with van der Waals surface area (Å²) in [6.07, 6.45) is 1.34. The molecule has 0 bridgehead atoms. The number of carbonyl (C=O) groups excluding carboxylic acids is 1. The van der Waals surface area contributed by atoms with Crippen molar-refractivity contribution in [1.82, 2.24) is 5.32 Å². The van der Waals surface area contributed by atoms with Crippen molar-refractivity contribution in [2.45, 2.75) is 26.7 Å². The van der Waals surface area contributed by atoms with E-state index in [9.17, 15) is 4.79 Å². The maximum Gasteiger partial charge on any atom is 0.433 e. The Labute approximate surface area is 66.6 Å². The van der Waals surface area contributed by atoms with Crippen LogP contribution in [0.1, 0.15) is 26.7 Å². The van der Waals surface area contributed by atoms with E-state index in [1.54, 1.807) is 0 Å². The van der Waals surface area contributed by atoms with Gasteiger partial charge in [-0.05, 0) is 13.3 Å². The highest BCUT2D eigenvalue weighted by atomic mass is 16.7. The highest BCUT2D eigenvalue weighted by Gasteiger charge is 1.95. The second-order valence-corrected chi connectivity index (χ2v) is 2.21. The second-order valence-electron chi connectivity index (χ2n) is 2.21. The van der Waals surface area contributed by atoms with Crippen LogP contribution in [0.15, 0.2) is 5.16 Å². The molecule has 0 atom stereocenters. The first-order valence-electron chi connectivity index (χ1n) is 3.63. The van der Waals surface area contributed by atoms with Crippen molar-refractivity contribution in [3.8, 4) is 0 Å². The summed E-state index contributed by atoms with van der Waals surface area (Å²) in [4.78, 5) is 14.9. The summed E-state index contributed by atoms with van der Waals surface area (Å²) in [5.41, 5.74) is 0.830. The zero-order valence-electron chi connectivity index (χ0n) is 7.18. The number of hydrogen-bond acceptors (Lipinski definition) is 3. The Kier molecular flexibility index (Phi) is 5.15. The third-order valence-corrected chi connectivity index (χ3v) is 1.10. The van der Waals surface area contributed by atoms with Gasteiger partial charge in [0, 0.05) is 7.05 Å². The highest BCUT2D eigenvalue weighted by molar-refractivity contribution is 5.82. The molecular formula is C7H14N2O2. The molecule has 0 rings (SSSR count). The maximum absolute atomic E-state index is 10.5. The summed E-state index contributed by atoms with van der Waals surface area (Å²) >= 11 is 0. The first-order valence-corrected chi connectivity index (χ1v) is 3.63. The molecule has 64 valence electrons. The van der Waals surface area contributed by atoms with Gasteiger partial charge in [0.1, 0.15) is 0 Å². The largest absolute Gasteiger partial charge is 0.433 e. The van der Waals surface area contributed by atoms with Gasteiger partial charge < -0.3 is 5.32 Å². The van der Waals surface area contributed by atoms with Gasteiger partial charge in [0.15, 0.2) is 0 Å². The molecule has 0 aliphatic carbocycles. The Balaban J connectivity index is 3.63. The quantitative estimate of drug-likeness (QED) is 0.384. The average Bonchev–Trinajstić information content (AvgIpc) is 2.01. The van der Waals surface area contributed by atoms with E-state index in [-0.39, 0.29) is 0 Å². The summed E-state index contributed by atoms with van der Waals surface area (Å²) in [6.45, 7) is 3.87. The average molecular weight is 158 g/mol. The maximum atomic E-state index is 10.5. The summed E-state index contributed by atoms with van der Waals surface area (Å²) in [5.74, 6) is 0. The molecule has 1 N–H and O–H groups in total. The van der Waals surface area contributed by atoms with E-state index in [0.29, 0.717) is 0 Å². The van der Waals surface area contributed by atoms with Gasteiger partial charge in [-0.1, -0.05) is 18.5 Å². The molecule has 0 unspecified atom stereocenters. The predicted molar refractivity (Wildman–Crippen MR) is 43.6 cm³/mol. The fraction of sp³-hybridized carbons (Fsp3) is 0.714. The standard InChI is InChI=1S/C7H14N2O2/c1-4-5-6(2)9-11-7(10)8-3/h4-5H2,1-3H3,(H,8,10)/b9-6+. The molecule has 0 radical (unpaired) electrons. The van der Waals surface area contributed by atoms with Crippen LogP contribution in [0, 0.1) is 0 Å². The predicted octanol–water partition coefficient (Wildman–Crippen LogP) is 1.52. The molecule has 1 amide bonds. The fourth-order valence-corrected chi connectivity index (χ4v) is 0.572. The first-order chi connectivity index (χ1) is 5.20. The Morgan fingerprint density at radius 1 is 1.64 bits per heavy atom. The lowest BCUT2D eigenvalue weighted by atomic mass is 10.2. The smallest absolute Gasteiger partial charge is 0.323 e. The van der Waals surface area contributed by atoms with Gasteiger partial charge in [-0.25, -0.2) is 4.79 Å². The third-order valence-electron chi connectivity index (χ3n) is 1.10. The van der Waals surface area contributed by atoms with Gasteiger partial charge in [-0.15, -0.1) is 0 Å². The number of carbonyl (C=O) groups is 1. The van der Waals surface area contributed by atoms with Gasteiger partial charge in [0.25, 0.3) is 0 Å². The van der Waals surface area contributed by atoms with E-state index in [1.807, 2.05) is 13.8 Å². The molecular weight excluding hydrogens is 144 g/mol. The van der Waals surface area contributed by atoms with Crippen LogP contribution in [0.3, 0.4) is 0 Å². The SMILES string of the molecule is CCC/C(C)=N/OC(=O)NC. The molecule has 0 aromatic carbocycles. The number of nitrogens with one attached hydrogen (secondary N) is 1. The second kappa shape index (κ2) is 5.70. The van der Waals surface area contributed by atoms with Gasteiger partial charge in [0.2, 0.25) is 0 Å². The van der Waals surface area contributed by atoms with Gasteiger partial charge >= 0.3 is 6.09 Å². The molecule has 0 aliphatic rings. The van der Waals surface area contributed by atoms with E-state index in [4.69, 9.17) is 0 Å². The van der Waals surface area contributed by atoms with Crippen LogP contribution in [0.4, 0.5) is 4.79 Å². The lowest BCUT2D eigenvalue weighted by molar-refractivity contribution is 0.152. The number of rotatable bonds is 3. The zero-order chi connectivity index (χ0) is 8.69. The molecule has 0 heterocycles. The lowest BCUT2D eigenvalue weighted by Crippen LogP contribution is -2.17. The molecule has 0 spiro atoms. The van der Waals surface area contributed by atoms with Crippen LogP contribution in [0.2, 0.25) is 0 Å². The summed E-state index contributed by atoms with van der Waals surface area (Å²) in [6, 6.07) is 0. The zero-order valence-corrected chi connectivity index (χ0v) is 7.18. The normalized spacial score (nSPS) is 11.0. The number of hydrogen-bond donors (Lipinski definition) is 1. The topological polar surface area (TPSA) is 50.7 Å². The lowest BCUT2D eigenvalue weighted by Gasteiger charge is -1.97. The summed E-state index contributed by atoms with van der Waals surface area (Å²) < 4.78 is 0. The Morgan fingerprint density at radius 3 is 2.73 bits per heavy atom. The van der Waals surface area contributed by atoms with Crippen molar-refractivity contribution < 1.29 is 9.63 Å². The van der Waals surface area contributed by atoms with Crippen molar-refractivity contribution in [1.29, 1.82) is 0 Å². The minimum atomic E-state index is -0.527. The number of oxime groups is 1. The molecule has 0 saturated heterocycles. The number of amides is 1. The van der Waals surface area contributed by atoms with Crippen LogP contribution in [-0.2, 0) is 4.84 Å². The summed E-state index contributed by atoms with van der Waals surface area (Å²) in [7, 11) is 1.49. The molecule has 0 aromatic rings. The van der Waals surface area contributed by atoms with E-state index in [0.717, 1.165) is 18.6 Å². The Morgan fingerprint density at radius 2 is 2.27 bits per heavy atom. The molecule has 4 nitrogen and oxygen atoms in total. The van der Waals surface area contributed by atoms with Crippen molar-refractivity contribution in [3.05, 3.63) is 0 Å². The minimum Gasteiger partial charge on any atom is -0.323 e. The van der Waals surface area contributed by atoms with Gasteiger partial charge in [0.05, 0.1) is 5.71 Å². The third kappa shape index (κ3) is 5.39.